The molecule has 2 amide bonds. The van der Waals surface area contributed by atoms with Gasteiger partial charge in [-0.1, -0.05) is 36.4 Å². The molecule has 0 spiro atoms. The molecule has 2 N–H and O–H groups in total. The van der Waals surface area contributed by atoms with Gasteiger partial charge in [-0.15, -0.1) is 0 Å². The zero-order chi connectivity index (χ0) is 20.4. The van der Waals surface area contributed by atoms with E-state index in [1.54, 1.807) is 18.2 Å². The summed E-state index contributed by atoms with van der Waals surface area (Å²) in [6.45, 7) is 4.69. The number of benzene rings is 2. The summed E-state index contributed by atoms with van der Waals surface area (Å²) in [6, 6.07) is 15.7. The summed E-state index contributed by atoms with van der Waals surface area (Å²) < 4.78 is 0.624. The minimum absolute atomic E-state index is 0.101. The highest BCUT2D eigenvalue weighted by atomic mass is 79.9. The number of carbonyl (C=O) groups is 2. The zero-order valence-electron chi connectivity index (χ0n) is 16.4. The van der Waals surface area contributed by atoms with Crippen LogP contribution in [0, 0.1) is 11.8 Å². The minimum atomic E-state index is -0.571. The van der Waals surface area contributed by atoms with Crippen LogP contribution in [-0.2, 0) is 6.42 Å². The Hall–Kier alpha value is -2.18. The lowest BCUT2D eigenvalue weighted by Crippen LogP contribution is -2.35. The lowest BCUT2D eigenvalue weighted by molar-refractivity contribution is 0.0767. The van der Waals surface area contributed by atoms with Crippen LogP contribution in [0.15, 0.2) is 53.0 Å². The van der Waals surface area contributed by atoms with Crippen molar-refractivity contribution in [2.24, 2.45) is 17.6 Å². The lowest BCUT2D eigenvalue weighted by Gasteiger charge is -2.22. The van der Waals surface area contributed by atoms with E-state index in [0.717, 1.165) is 45.6 Å². The summed E-state index contributed by atoms with van der Waals surface area (Å²) in [7, 11) is 0. The first-order valence-corrected chi connectivity index (χ1v) is 11.0. The van der Waals surface area contributed by atoms with Crippen molar-refractivity contribution in [1.29, 1.82) is 0 Å². The quantitative estimate of drug-likeness (QED) is 0.726. The Kier molecular flexibility index (Phi) is 6.01. The van der Waals surface area contributed by atoms with E-state index in [0.29, 0.717) is 21.9 Å². The van der Waals surface area contributed by atoms with Crippen LogP contribution >= 0.6 is 15.9 Å². The van der Waals surface area contributed by atoms with E-state index in [4.69, 9.17) is 5.73 Å². The van der Waals surface area contributed by atoms with Crippen LogP contribution in [0.25, 0.3) is 0 Å². The molecule has 0 aromatic heterocycles. The molecule has 5 nitrogen and oxygen atoms in total. The van der Waals surface area contributed by atoms with Gasteiger partial charge in [-0.25, -0.2) is 0 Å². The van der Waals surface area contributed by atoms with Gasteiger partial charge in [0.1, 0.15) is 0 Å². The van der Waals surface area contributed by atoms with E-state index in [1.807, 2.05) is 4.90 Å². The third-order valence-corrected chi connectivity index (χ3v) is 6.79. The summed E-state index contributed by atoms with van der Waals surface area (Å²) in [6.07, 6.45) is 2.26. The topological polar surface area (TPSA) is 66.6 Å². The monoisotopic (exact) mass is 455 g/mol. The van der Waals surface area contributed by atoms with Crippen molar-refractivity contribution in [3.05, 3.63) is 69.7 Å². The molecule has 1 unspecified atom stereocenters. The number of hydrogen-bond donors (Lipinski definition) is 1. The van der Waals surface area contributed by atoms with Crippen molar-refractivity contribution in [1.82, 2.24) is 9.80 Å². The Morgan fingerprint density at radius 1 is 0.966 bits per heavy atom. The largest absolute Gasteiger partial charge is 0.366 e. The van der Waals surface area contributed by atoms with E-state index < -0.39 is 5.91 Å². The predicted molar refractivity (Wildman–Crippen MR) is 117 cm³/mol. The molecule has 2 saturated heterocycles. The minimum Gasteiger partial charge on any atom is -0.366 e. The molecule has 29 heavy (non-hydrogen) atoms. The second-order valence-corrected chi connectivity index (χ2v) is 8.96. The van der Waals surface area contributed by atoms with Crippen molar-refractivity contribution in [2.75, 3.05) is 32.7 Å². The number of nitrogens with two attached hydrogens (primary N) is 1. The van der Waals surface area contributed by atoms with Gasteiger partial charge in [-0.2, -0.15) is 0 Å². The van der Waals surface area contributed by atoms with Crippen LogP contribution in [0.5, 0.6) is 0 Å². The van der Waals surface area contributed by atoms with Crippen LogP contribution in [0.1, 0.15) is 32.7 Å². The molecule has 2 aliphatic heterocycles. The van der Waals surface area contributed by atoms with E-state index in [-0.39, 0.29) is 11.5 Å². The average Bonchev–Trinajstić information content (AvgIpc) is 3.27. The third kappa shape index (κ3) is 4.38. The highest BCUT2D eigenvalue weighted by molar-refractivity contribution is 9.10. The third-order valence-electron chi connectivity index (χ3n) is 6.12. The fourth-order valence-electron chi connectivity index (χ4n) is 4.70. The Labute approximate surface area is 180 Å². The smallest absolute Gasteiger partial charge is 0.255 e. The van der Waals surface area contributed by atoms with Crippen molar-refractivity contribution >= 4 is 27.7 Å². The summed E-state index contributed by atoms with van der Waals surface area (Å²) in [5, 5.41) is 0. The average molecular weight is 456 g/mol. The molecule has 2 aliphatic rings. The molecule has 0 radical (unpaired) electrons. The molecular weight excluding hydrogens is 430 g/mol. The van der Waals surface area contributed by atoms with Gasteiger partial charge in [-0.3, -0.25) is 9.59 Å². The Balaban J connectivity index is 1.32. The number of carbonyl (C=O) groups excluding carboxylic acids is 2. The summed E-state index contributed by atoms with van der Waals surface area (Å²) >= 11 is 3.42. The molecule has 0 saturated carbocycles. The number of rotatable bonds is 6. The molecule has 2 fully saturated rings. The second kappa shape index (κ2) is 8.67. The van der Waals surface area contributed by atoms with Gasteiger partial charge in [0.2, 0.25) is 5.91 Å². The first-order chi connectivity index (χ1) is 14.0. The number of halogens is 1. The number of aryl methyl sites for hydroxylation is 1. The molecule has 152 valence electrons. The van der Waals surface area contributed by atoms with E-state index in [1.165, 1.54) is 5.56 Å². The van der Waals surface area contributed by atoms with Crippen molar-refractivity contribution in [2.45, 2.75) is 12.8 Å². The van der Waals surface area contributed by atoms with Crippen LogP contribution in [-0.4, -0.2) is 54.3 Å². The van der Waals surface area contributed by atoms with Gasteiger partial charge in [0.25, 0.3) is 5.91 Å². The van der Waals surface area contributed by atoms with Crippen LogP contribution in [0.3, 0.4) is 0 Å². The molecule has 2 heterocycles. The molecule has 6 heteroatoms. The molecule has 0 bridgehead atoms. The lowest BCUT2D eigenvalue weighted by atomic mass is 10.0. The normalized spacial score (nSPS) is 21.3. The van der Waals surface area contributed by atoms with Crippen molar-refractivity contribution in [3.8, 4) is 0 Å². The summed E-state index contributed by atoms with van der Waals surface area (Å²) in [4.78, 5) is 29.3. The van der Waals surface area contributed by atoms with Crippen molar-refractivity contribution < 1.29 is 9.59 Å². The maximum atomic E-state index is 13.1. The van der Waals surface area contributed by atoms with Gasteiger partial charge in [0, 0.05) is 30.7 Å². The Morgan fingerprint density at radius 2 is 1.66 bits per heavy atom. The SMILES string of the molecule is NC(=O)c1cccc(Br)c1C(=O)N1CC2CN(CCCc3ccccc3)C[C@H]2C1. The van der Waals surface area contributed by atoms with Gasteiger partial charge in [0.15, 0.2) is 0 Å². The second-order valence-electron chi connectivity index (χ2n) is 8.11. The number of nitrogens with zero attached hydrogens (tertiary/aromatic N) is 2. The standard InChI is InChI=1S/C23H26BrN3O2/c24-20-10-4-9-19(22(25)28)21(20)23(29)27-14-17-12-26(13-18(17)15-27)11-5-8-16-6-2-1-3-7-16/h1-4,6-7,9-10,17-18H,5,8,11-15H2,(H2,25,28)/t17-,18?/m0/s1. The number of hydrogen-bond acceptors (Lipinski definition) is 3. The van der Waals surface area contributed by atoms with Gasteiger partial charge in [-0.05, 0) is 64.8 Å². The molecular formula is C23H26BrN3O2. The van der Waals surface area contributed by atoms with Gasteiger partial charge in [0.05, 0.1) is 11.1 Å². The molecule has 2 atom stereocenters. The van der Waals surface area contributed by atoms with Crippen LogP contribution in [0.2, 0.25) is 0 Å². The fraction of sp³-hybridized carbons (Fsp3) is 0.391. The van der Waals surface area contributed by atoms with E-state index >= 15 is 0 Å². The molecule has 4 rings (SSSR count). The number of fused-ring (bicyclic) bond motifs is 1. The number of amides is 2. The van der Waals surface area contributed by atoms with E-state index in [2.05, 4.69) is 51.2 Å². The highest BCUT2D eigenvalue weighted by Gasteiger charge is 2.42. The molecule has 0 aliphatic carbocycles. The van der Waals surface area contributed by atoms with E-state index in [9.17, 15) is 9.59 Å². The van der Waals surface area contributed by atoms with Crippen molar-refractivity contribution in [3.63, 3.8) is 0 Å². The fourth-order valence-corrected chi connectivity index (χ4v) is 5.23. The first-order valence-electron chi connectivity index (χ1n) is 10.2. The zero-order valence-corrected chi connectivity index (χ0v) is 18.0. The summed E-state index contributed by atoms with van der Waals surface area (Å²) in [5.41, 5.74) is 7.54. The number of likely N-dealkylation sites (tertiary alicyclic amines) is 2. The van der Waals surface area contributed by atoms with Crippen LogP contribution < -0.4 is 5.73 Å². The molecule has 2 aromatic carbocycles. The maximum absolute atomic E-state index is 13.1. The Bertz CT molecular complexity index is 888. The maximum Gasteiger partial charge on any atom is 0.255 e. The van der Waals surface area contributed by atoms with Gasteiger partial charge < -0.3 is 15.5 Å². The van der Waals surface area contributed by atoms with Crippen LogP contribution in [0.4, 0.5) is 0 Å². The highest BCUT2D eigenvalue weighted by Crippen LogP contribution is 2.33. The Morgan fingerprint density at radius 3 is 2.31 bits per heavy atom. The first kappa shape index (κ1) is 20.1. The van der Waals surface area contributed by atoms with Gasteiger partial charge >= 0.3 is 0 Å². The number of primary amides is 1. The summed E-state index contributed by atoms with van der Waals surface area (Å²) in [5.74, 6) is 0.348. The molecule has 2 aromatic rings. The predicted octanol–water partition coefficient (Wildman–Crippen LogP) is 3.18.